The van der Waals surface area contributed by atoms with Crippen molar-refractivity contribution in [1.29, 1.82) is 0 Å². The number of hydrogen-bond acceptors (Lipinski definition) is 3. The number of anilines is 1. The molecule has 98 valence electrons. The fourth-order valence-electron chi connectivity index (χ4n) is 1.47. The first-order chi connectivity index (χ1) is 8.42. The average molecular weight is 259 g/mol. The lowest BCUT2D eigenvalue weighted by Gasteiger charge is -2.05. The van der Waals surface area contributed by atoms with Gasteiger partial charge in [0, 0.05) is 37.6 Å². The predicted molar refractivity (Wildman–Crippen MR) is 58.8 cm³/mol. The predicted octanol–water partition coefficient (Wildman–Crippen LogP) is 1.79. The quantitative estimate of drug-likeness (QED) is 0.910. The van der Waals surface area contributed by atoms with Gasteiger partial charge in [-0.15, -0.1) is 0 Å². The summed E-state index contributed by atoms with van der Waals surface area (Å²) in [6.45, 7) is -0.689. The largest absolute Gasteiger partial charge is 0.408 e. The molecule has 2 aromatic heterocycles. The molecule has 5 nitrogen and oxygen atoms in total. The Hall–Kier alpha value is -1.99. The Labute approximate surface area is 101 Å². The van der Waals surface area contributed by atoms with Crippen LogP contribution in [0.2, 0.25) is 0 Å². The second kappa shape index (κ2) is 4.71. The smallest absolute Gasteiger partial charge is 0.364 e. The Morgan fingerprint density at radius 2 is 2.17 bits per heavy atom. The molecule has 18 heavy (non-hydrogen) atoms. The zero-order valence-corrected chi connectivity index (χ0v) is 9.65. The third-order valence-corrected chi connectivity index (χ3v) is 2.22. The highest BCUT2D eigenvalue weighted by molar-refractivity contribution is 5.33. The van der Waals surface area contributed by atoms with E-state index in [2.05, 4.69) is 15.5 Å². The molecule has 0 spiro atoms. The minimum atomic E-state index is -4.25. The summed E-state index contributed by atoms with van der Waals surface area (Å²) in [4.78, 5) is 0. The van der Waals surface area contributed by atoms with Crippen LogP contribution in [0.15, 0.2) is 24.7 Å². The second-order valence-electron chi connectivity index (χ2n) is 3.89. The lowest BCUT2D eigenvalue weighted by molar-refractivity contribution is -0.142. The Morgan fingerprint density at radius 1 is 1.39 bits per heavy atom. The third kappa shape index (κ3) is 3.51. The van der Waals surface area contributed by atoms with E-state index in [0.29, 0.717) is 17.9 Å². The van der Waals surface area contributed by atoms with Gasteiger partial charge in [-0.05, 0) is 0 Å². The summed E-state index contributed by atoms with van der Waals surface area (Å²) in [5.41, 5.74) is 0.671. The zero-order valence-electron chi connectivity index (χ0n) is 9.65. The summed E-state index contributed by atoms with van der Waals surface area (Å²) in [6, 6.07) is 1.78. The number of aromatic nitrogens is 4. The van der Waals surface area contributed by atoms with Crippen LogP contribution in [0.3, 0.4) is 0 Å². The summed E-state index contributed by atoms with van der Waals surface area (Å²) in [5.74, 6) is 0.668. The van der Waals surface area contributed by atoms with E-state index in [1.54, 1.807) is 24.0 Å². The molecule has 2 rings (SSSR count). The topological polar surface area (TPSA) is 47.7 Å². The van der Waals surface area contributed by atoms with E-state index < -0.39 is 12.7 Å². The Bertz CT molecular complexity index is 514. The number of rotatable bonds is 4. The molecule has 2 aromatic rings. The van der Waals surface area contributed by atoms with Gasteiger partial charge in [0.1, 0.15) is 12.4 Å². The SMILES string of the molecule is Cn1ccc(NCc2cnn(CC(F)(F)F)c2)n1. The maximum atomic E-state index is 12.1. The van der Waals surface area contributed by atoms with Crippen LogP contribution in [0.5, 0.6) is 0 Å². The number of aryl methyl sites for hydroxylation is 1. The molecule has 0 amide bonds. The molecule has 0 aliphatic rings. The van der Waals surface area contributed by atoms with E-state index in [-0.39, 0.29) is 0 Å². The monoisotopic (exact) mass is 259 g/mol. The molecule has 0 aliphatic carbocycles. The molecule has 0 bridgehead atoms. The number of halogens is 3. The Morgan fingerprint density at radius 3 is 2.78 bits per heavy atom. The van der Waals surface area contributed by atoms with Crippen LogP contribution in [-0.2, 0) is 20.1 Å². The van der Waals surface area contributed by atoms with Crippen molar-refractivity contribution in [2.24, 2.45) is 7.05 Å². The normalized spacial score (nSPS) is 11.8. The van der Waals surface area contributed by atoms with E-state index in [4.69, 9.17) is 0 Å². The minimum absolute atomic E-state index is 0.384. The summed E-state index contributed by atoms with van der Waals surface area (Å²) < 4.78 is 38.8. The van der Waals surface area contributed by atoms with Gasteiger partial charge in [0.25, 0.3) is 0 Å². The lowest BCUT2D eigenvalue weighted by atomic mass is 10.3. The first-order valence-corrected chi connectivity index (χ1v) is 5.24. The van der Waals surface area contributed by atoms with Crippen molar-refractivity contribution in [2.75, 3.05) is 5.32 Å². The van der Waals surface area contributed by atoms with Gasteiger partial charge in [-0.2, -0.15) is 23.4 Å². The molecule has 0 saturated heterocycles. The van der Waals surface area contributed by atoms with Crippen molar-refractivity contribution >= 4 is 5.82 Å². The maximum absolute atomic E-state index is 12.1. The standard InChI is InChI=1S/C10H12F3N5/c1-17-3-2-9(16-17)14-4-8-5-15-18(6-8)7-10(11,12)13/h2-3,5-6H,4,7H2,1H3,(H,14,16). The van der Waals surface area contributed by atoms with E-state index in [1.165, 1.54) is 12.4 Å². The van der Waals surface area contributed by atoms with Crippen molar-refractivity contribution in [1.82, 2.24) is 19.6 Å². The molecule has 0 atom stereocenters. The van der Waals surface area contributed by atoms with Crippen LogP contribution in [0.1, 0.15) is 5.56 Å². The Kier molecular flexibility index (Phi) is 3.26. The molecule has 0 aliphatic heterocycles. The molecule has 0 fully saturated rings. The number of nitrogens with one attached hydrogen (secondary N) is 1. The van der Waals surface area contributed by atoms with E-state index in [0.717, 1.165) is 4.68 Å². The highest BCUT2D eigenvalue weighted by Crippen LogP contribution is 2.17. The van der Waals surface area contributed by atoms with E-state index >= 15 is 0 Å². The van der Waals surface area contributed by atoms with Gasteiger partial charge in [-0.1, -0.05) is 0 Å². The second-order valence-corrected chi connectivity index (χ2v) is 3.89. The maximum Gasteiger partial charge on any atom is 0.408 e. The summed E-state index contributed by atoms with van der Waals surface area (Å²) >= 11 is 0. The Balaban J connectivity index is 1.91. The molecular formula is C10H12F3N5. The van der Waals surface area contributed by atoms with Gasteiger partial charge in [-0.25, -0.2) is 0 Å². The van der Waals surface area contributed by atoms with Gasteiger partial charge in [0.2, 0.25) is 0 Å². The molecule has 1 N–H and O–H groups in total. The van der Waals surface area contributed by atoms with Gasteiger partial charge in [0.15, 0.2) is 0 Å². The fourth-order valence-corrected chi connectivity index (χ4v) is 1.47. The molecule has 0 aromatic carbocycles. The van der Waals surface area contributed by atoms with Crippen molar-refractivity contribution in [3.8, 4) is 0 Å². The van der Waals surface area contributed by atoms with Crippen molar-refractivity contribution in [3.63, 3.8) is 0 Å². The highest BCUT2D eigenvalue weighted by Gasteiger charge is 2.28. The minimum Gasteiger partial charge on any atom is -0.364 e. The van der Waals surface area contributed by atoms with Crippen molar-refractivity contribution < 1.29 is 13.2 Å². The average Bonchev–Trinajstić information content (AvgIpc) is 2.82. The van der Waals surface area contributed by atoms with Crippen LogP contribution in [0.4, 0.5) is 19.0 Å². The van der Waals surface area contributed by atoms with Crippen LogP contribution < -0.4 is 5.32 Å². The third-order valence-electron chi connectivity index (χ3n) is 2.22. The van der Waals surface area contributed by atoms with Crippen LogP contribution in [-0.4, -0.2) is 25.7 Å². The molecule has 0 saturated carbocycles. The molecular weight excluding hydrogens is 247 g/mol. The van der Waals surface area contributed by atoms with Crippen LogP contribution >= 0.6 is 0 Å². The van der Waals surface area contributed by atoms with Crippen molar-refractivity contribution in [2.45, 2.75) is 19.3 Å². The first kappa shape index (κ1) is 12.5. The summed E-state index contributed by atoms with van der Waals surface area (Å²) in [6.07, 6.45) is 0.290. The molecule has 8 heteroatoms. The lowest BCUT2D eigenvalue weighted by Crippen LogP contribution is -2.17. The summed E-state index contributed by atoms with van der Waals surface area (Å²) in [5, 5.41) is 10.7. The van der Waals surface area contributed by atoms with Gasteiger partial charge in [0.05, 0.1) is 6.20 Å². The first-order valence-electron chi connectivity index (χ1n) is 5.24. The molecule has 2 heterocycles. The van der Waals surface area contributed by atoms with E-state index in [9.17, 15) is 13.2 Å². The van der Waals surface area contributed by atoms with Gasteiger partial charge in [-0.3, -0.25) is 9.36 Å². The number of alkyl halides is 3. The van der Waals surface area contributed by atoms with Crippen LogP contribution in [0.25, 0.3) is 0 Å². The van der Waals surface area contributed by atoms with Crippen molar-refractivity contribution in [3.05, 3.63) is 30.2 Å². The van der Waals surface area contributed by atoms with Gasteiger partial charge < -0.3 is 5.32 Å². The zero-order chi connectivity index (χ0) is 13.2. The molecule has 0 radical (unpaired) electrons. The van der Waals surface area contributed by atoms with Gasteiger partial charge >= 0.3 is 6.18 Å². The van der Waals surface area contributed by atoms with Crippen LogP contribution in [0, 0.1) is 0 Å². The highest BCUT2D eigenvalue weighted by atomic mass is 19.4. The number of hydrogen-bond donors (Lipinski definition) is 1. The fraction of sp³-hybridized carbons (Fsp3) is 0.400. The molecule has 0 unspecified atom stereocenters. The number of nitrogens with zero attached hydrogens (tertiary/aromatic N) is 4. The summed E-state index contributed by atoms with van der Waals surface area (Å²) in [7, 11) is 1.78. The van der Waals surface area contributed by atoms with E-state index in [1.807, 2.05) is 0 Å².